The topological polar surface area (TPSA) is 133 Å². The van der Waals surface area contributed by atoms with E-state index in [0.717, 1.165) is 11.1 Å². The molecular formula is C31H34F2N10O2. The maximum absolute atomic E-state index is 14.1. The molecule has 6 rings (SSSR count). The number of rotatable bonds is 7. The number of imidazole rings is 1. The fourth-order valence-corrected chi connectivity index (χ4v) is 5.61. The normalized spacial score (nSPS) is 15.7. The first kappa shape index (κ1) is 30.1. The number of piperazine rings is 1. The Morgan fingerprint density at radius 1 is 0.911 bits per heavy atom. The number of hydrogen-bond donors (Lipinski definition) is 1. The minimum atomic E-state index is -0.606. The van der Waals surface area contributed by atoms with E-state index >= 15 is 0 Å². The van der Waals surface area contributed by atoms with E-state index in [1.54, 1.807) is 44.7 Å². The number of halogens is 2. The lowest BCUT2D eigenvalue weighted by Gasteiger charge is -2.42. The molecule has 2 aromatic carbocycles. The average Bonchev–Trinajstić information content (AvgIpc) is 3.69. The predicted octanol–water partition coefficient (Wildman–Crippen LogP) is 4.16. The van der Waals surface area contributed by atoms with E-state index in [9.17, 15) is 13.6 Å². The Kier molecular flexibility index (Phi) is 8.14. The van der Waals surface area contributed by atoms with Gasteiger partial charge < -0.3 is 19.9 Å². The summed E-state index contributed by atoms with van der Waals surface area (Å²) in [7, 11) is 0. The Morgan fingerprint density at radius 3 is 2.16 bits per heavy atom. The molecule has 0 saturated carbocycles. The molecule has 1 amide bonds. The lowest BCUT2D eigenvalue weighted by Crippen LogP contribution is -2.52. The lowest BCUT2D eigenvalue weighted by atomic mass is 9.91. The van der Waals surface area contributed by atoms with Crippen molar-refractivity contribution in [3.63, 3.8) is 0 Å². The molecule has 234 valence electrons. The molecule has 0 unspecified atom stereocenters. The van der Waals surface area contributed by atoms with Crippen molar-refractivity contribution in [3.05, 3.63) is 95.8 Å². The van der Waals surface area contributed by atoms with Crippen molar-refractivity contribution in [3.8, 4) is 11.5 Å². The zero-order valence-electron chi connectivity index (χ0n) is 25.2. The highest BCUT2D eigenvalue weighted by Gasteiger charge is 2.36. The zero-order valence-corrected chi connectivity index (χ0v) is 25.2. The summed E-state index contributed by atoms with van der Waals surface area (Å²) in [4.78, 5) is 29.5. The average molecular weight is 617 g/mol. The molecule has 1 aromatic heterocycles. The second-order valence-electron chi connectivity index (χ2n) is 12.0. The Balaban J connectivity index is 1.35. The molecule has 4 heterocycles. The molecule has 2 atom stereocenters. The van der Waals surface area contributed by atoms with Gasteiger partial charge in [0.05, 0.1) is 31.2 Å². The molecule has 14 heteroatoms. The first-order valence-electron chi connectivity index (χ1n) is 14.6. The van der Waals surface area contributed by atoms with Crippen LogP contribution in [0.3, 0.4) is 0 Å². The number of amides is 1. The van der Waals surface area contributed by atoms with Gasteiger partial charge in [-0.2, -0.15) is 0 Å². The fourth-order valence-electron chi connectivity index (χ4n) is 5.61. The van der Waals surface area contributed by atoms with E-state index in [1.165, 1.54) is 30.6 Å². The van der Waals surface area contributed by atoms with E-state index in [-0.39, 0.29) is 29.6 Å². The van der Waals surface area contributed by atoms with Crippen LogP contribution in [0.2, 0.25) is 0 Å². The molecule has 0 spiro atoms. The molecule has 0 radical (unpaired) electrons. The van der Waals surface area contributed by atoms with Crippen LogP contribution in [-0.2, 0) is 11.3 Å². The molecule has 1 fully saturated rings. The number of anilines is 1. The number of hydrogen-bond acceptors (Lipinski definition) is 9. The summed E-state index contributed by atoms with van der Waals surface area (Å²) < 4.78 is 37.4. The smallest absolute Gasteiger partial charge is 0.410 e. The number of fused-ring (bicyclic) bond motifs is 1. The lowest BCUT2D eigenvalue weighted by molar-refractivity contribution is 0.00755. The first-order chi connectivity index (χ1) is 21.6. The number of ether oxygens (including phenoxy) is 1. The van der Waals surface area contributed by atoms with Crippen LogP contribution in [0.25, 0.3) is 11.5 Å². The van der Waals surface area contributed by atoms with Gasteiger partial charge in [-0.15, -0.1) is 5.10 Å². The third kappa shape index (κ3) is 6.60. The van der Waals surface area contributed by atoms with Gasteiger partial charge in [0.2, 0.25) is 0 Å². The molecule has 12 nitrogen and oxygen atoms in total. The van der Waals surface area contributed by atoms with Crippen molar-refractivity contribution >= 4 is 11.9 Å². The summed E-state index contributed by atoms with van der Waals surface area (Å²) in [5.74, 6) is 0.129. The molecule has 1 saturated heterocycles. The van der Waals surface area contributed by atoms with Gasteiger partial charge in [-0.3, -0.25) is 4.90 Å². The first-order valence-corrected chi connectivity index (χ1v) is 14.6. The number of nitrogens with two attached hydrogens (primary N) is 1. The highest BCUT2D eigenvalue weighted by molar-refractivity contribution is 5.68. The number of nitrogens with zero attached hydrogens (tertiary/aromatic N) is 9. The molecule has 45 heavy (non-hydrogen) atoms. The highest BCUT2D eigenvalue weighted by Crippen LogP contribution is 2.38. The van der Waals surface area contributed by atoms with Crippen LogP contribution in [0, 0.1) is 11.6 Å². The highest BCUT2D eigenvalue weighted by atomic mass is 19.1. The van der Waals surface area contributed by atoms with Gasteiger partial charge in [0.1, 0.15) is 35.0 Å². The Labute approximate surface area is 258 Å². The number of carbonyl (C=O) groups excluding carboxylic acids is 1. The maximum Gasteiger partial charge on any atom is 0.410 e. The summed E-state index contributed by atoms with van der Waals surface area (Å²) in [5, 5.41) is 8.99. The summed E-state index contributed by atoms with van der Waals surface area (Å²) in [6.45, 7) is 7.71. The van der Waals surface area contributed by atoms with E-state index in [0.29, 0.717) is 49.9 Å². The van der Waals surface area contributed by atoms with Crippen molar-refractivity contribution in [2.45, 2.75) is 45.0 Å². The van der Waals surface area contributed by atoms with Crippen LogP contribution < -0.4 is 5.73 Å². The van der Waals surface area contributed by atoms with Crippen LogP contribution in [-0.4, -0.2) is 82.2 Å². The zero-order chi connectivity index (χ0) is 31.7. The molecule has 2 N–H and O–H groups in total. The maximum atomic E-state index is 14.1. The van der Waals surface area contributed by atoms with Gasteiger partial charge in [0, 0.05) is 26.2 Å². The van der Waals surface area contributed by atoms with Gasteiger partial charge >= 0.3 is 6.09 Å². The number of benzene rings is 2. The summed E-state index contributed by atoms with van der Waals surface area (Å²) >= 11 is 0. The third-order valence-corrected chi connectivity index (χ3v) is 7.69. The molecule has 0 aliphatic carbocycles. The summed E-state index contributed by atoms with van der Waals surface area (Å²) in [6.07, 6.45) is 4.47. The Bertz CT molecular complexity index is 1720. The van der Waals surface area contributed by atoms with Crippen molar-refractivity contribution in [2.24, 2.45) is 0 Å². The van der Waals surface area contributed by atoms with Crippen LogP contribution >= 0.6 is 0 Å². The minimum absolute atomic E-state index is 0.285. The second kappa shape index (κ2) is 12.2. The van der Waals surface area contributed by atoms with E-state index < -0.39 is 11.6 Å². The fraction of sp³-hybridized carbons (Fsp3) is 0.355. The van der Waals surface area contributed by atoms with Gasteiger partial charge in [-0.1, -0.05) is 29.5 Å². The number of carbonyl (C=O) groups is 1. The van der Waals surface area contributed by atoms with Crippen molar-refractivity contribution in [1.82, 2.24) is 44.3 Å². The monoisotopic (exact) mass is 616 g/mol. The SMILES string of the molecule is CC(C)(C)OC(=O)N1CCN([C@H](c2ccc(F)cc2)[C@H](c2ccc(F)cc2)n2cc(Cn3cnc(N)c4ncnc3-4)nn2)CC1. The van der Waals surface area contributed by atoms with Crippen LogP contribution in [0.1, 0.15) is 49.7 Å². The van der Waals surface area contributed by atoms with Crippen molar-refractivity contribution in [2.75, 3.05) is 31.9 Å². The van der Waals surface area contributed by atoms with Gasteiger partial charge in [-0.05, 0) is 56.2 Å². The summed E-state index contributed by atoms with van der Waals surface area (Å²) in [6, 6.07) is 11.7. The number of nitrogen functional groups attached to an aromatic ring is 1. The predicted molar refractivity (Wildman–Crippen MR) is 161 cm³/mol. The minimum Gasteiger partial charge on any atom is -0.444 e. The van der Waals surface area contributed by atoms with Crippen molar-refractivity contribution in [1.29, 1.82) is 0 Å². The molecule has 3 aliphatic rings. The largest absolute Gasteiger partial charge is 0.444 e. The summed E-state index contributed by atoms with van der Waals surface area (Å²) in [5.41, 5.74) is 8.08. The number of aromatic nitrogens is 7. The van der Waals surface area contributed by atoms with Crippen LogP contribution in [0.15, 0.2) is 67.4 Å². The van der Waals surface area contributed by atoms with E-state index in [4.69, 9.17) is 10.5 Å². The molecule has 3 aliphatic heterocycles. The molecular weight excluding hydrogens is 582 g/mol. The van der Waals surface area contributed by atoms with Crippen LogP contribution in [0.4, 0.5) is 19.4 Å². The Hall–Kier alpha value is -4.98. The van der Waals surface area contributed by atoms with Crippen LogP contribution in [0.5, 0.6) is 0 Å². The molecule has 0 bridgehead atoms. The van der Waals surface area contributed by atoms with Gasteiger partial charge in [0.15, 0.2) is 11.6 Å². The standard InChI is InChI=1S/C31H34F2N10O2/c1-31(2,3)45-30(44)41-14-12-40(13-15-41)26(20-4-8-22(32)9-5-20)27(21-6-10-23(33)11-7-21)43-17-24(38-39-43)16-42-19-37-28(34)25-29(42)36-18-35-25/h4-11,17-19,26-27H,12-16,34H2,1-3H3/t26-,27+/m1/s1. The van der Waals surface area contributed by atoms with E-state index in [2.05, 4.69) is 30.2 Å². The van der Waals surface area contributed by atoms with Gasteiger partial charge in [-0.25, -0.2) is 33.2 Å². The Morgan fingerprint density at radius 2 is 1.53 bits per heavy atom. The molecule has 3 aromatic rings. The quantitative estimate of drug-likeness (QED) is 0.286. The van der Waals surface area contributed by atoms with Crippen molar-refractivity contribution < 1.29 is 18.3 Å². The third-order valence-electron chi connectivity index (χ3n) is 7.69. The van der Waals surface area contributed by atoms with E-state index in [1.807, 2.05) is 27.0 Å². The van der Waals surface area contributed by atoms with Gasteiger partial charge in [0.25, 0.3) is 0 Å². The second-order valence-corrected chi connectivity index (χ2v) is 12.0.